The van der Waals surface area contributed by atoms with E-state index in [4.69, 9.17) is 0 Å². The van der Waals surface area contributed by atoms with Crippen molar-refractivity contribution in [3.8, 4) is 0 Å². The highest BCUT2D eigenvalue weighted by atomic mass is 32.2. The number of hydrogen-bond acceptors (Lipinski definition) is 5. The summed E-state index contributed by atoms with van der Waals surface area (Å²) in [5.41, 5.74) is -0.139. The number of carbonyl (C=O) groups is 1. The van der Waals surface area contributed by atoms with Crippen molar-refractivity contribution in [1.82, 2.24) is 4.72 Å². The summed E-state index contributed by atoms with van der Waals surface area (Å²) in [6.45, 7) is 0. The molecule has 0 aliphatic rings. The van der Waals surface area contributed by atoms with Crippen LogP contribution in [-0.2, 0) is 11.3 Å². The molecular weight excluding hydrogens is 224 g/mol. The fourth-order valence-corrected chi connectivity index (χ4v) is 1.14. The van der Waals surface area contributed by atoms with E-state index >= 15 is 0 Å². The van der Waals surface area contributed by atoms with Crippen LogP contribution in [0.5, 0.6) is 0 Å². The summed E-state index contributed by atoms with van der Waals surface area (Å²) in [4.78, 5) is 20.7. The number of carbonyl (C=O) groups excluding carboxylic acids is 1. The highest BCUT2D eigenvalue weighted by Gasteiger charge is 2.08. The summed E-state index contributed by atoms with van der Waals surface area (Å²) in [6, 6.07) is 4.56. The normalized spacial score (nSPS) is 11.8. The van der Waals surface area contributed by atoms with E-state index in [0.717, 1.165) is 12.1 Å². The van der Waals surface area contributed by atoms with Gasteiger partial charge in [-0.2, -0.15) is 0 Å². The molecule has 80 valence electrons. The van der Waals surface area contributed by atoms with Crippen LogP contribution in [0.2, 0.25) is 0 Å². The van der Waals surface area contributed by atoms with E-state index < -0.39 is 22.1 Å². The van der Waals surface area contributed by atoms with Gasteiger partial charge in [-0.3, -0.25) is 23.8 Å². The molecule has 0 aliphatic heterocycles. The molecule has 1 rings (SSSR count). The minimum absolute atomic E-state index is 0.0322. The zero-order valence-electron chi connectivity index (χ0n) is 7.21. The van der Waals surface area contributed by atoms with E-state index in [1.165, 1.54) is 12.1 Å². The molecule has 0 heterocycles. The van der Waals surface area contributed by atoms with Crippen LogP contribution >= 0.6 is 0 Å². The molecule has 1 atom stereocenters. The summed E-state index contributed by atoms with van der Waals surface area (Å²) in [5, 5.41) is 10.3. The minimum atomic E-state index is -2.69. The Labute approximate surface area is 86.7 Å². The zero-order chi connectivity index (χ0) is 11.4. The Morgan fingerprint density at radius 3 is 2.27 bits per heavy atom. The van der Waals surface area contributed by atoms with Gasteiger partial charge in [0.05, 0.1) is 4.92 Å². The third-order valence-corrected chi connectivity index (χ3v) is 1.87. The van der Waals surface area contributed by atoms with Crippen LogP contribution in [0.1, 0.15) is 10.4 Å². The van der Waals surface area contributed by atoms with Gasteiger partial charge in [0, 0.05) is 29.0 Å². The average molecular weight is 229 g/mol. The van der Waals surface area contributed by atoms with Crippen molar-refractivity contribution in [2.24, 2.45) is 0 Å². The maximum atomic E-state index is 11.1. The molecule has 1 unspecified atom stereocenters. The van der Waals surface area contributed by atoms with Gasteiger partial charge in [-0.1, -0.05) is 0 Å². The zero-order valence-corrected chi connectivity index (χ0v) is 8.02. The highest BCUT2D eigenvalue weighted by molar-refractivity contribution is 7.77. The molecule has 8 heteroatoms. The quantitative estimate of drug-likeness (QED) is 0.449. The second-order valence-corrected chi connectivity index (χ2v) is 3.14. The number of nitrogens with zero attached hydrogens (tertiary/aromatic N) is 1. The molecule has 1 aromatic carbocycles. The number of rotatable bonds is 3. The third-order valence-electron chi connectivity index (χ3n) is 1.52. The fourth-order valence-electron chi connectivity index (χ4n) is 0.869. The Hall–Kier alpha value is -1.80. The third kappa shape index (κ3) is 3.11. The van der Waals surface area contributed by atoms with Gasteiger partial charge in [0.1, 0.15) is 0 Å². The molecule has 0 bridgehead atoms. The topological polar surface area (TPSA) is 112 Å². The smallest absolute Gasteiger partial charge is 0.269 e. The molecule has 0 aliphatic carbocycles. The van der Waals surface area contributed by atoms with Crippen molar-refractivity contribution in [2.45, 2.75) is 0 Å². The molecule has 1 N–H and O–H groups in total. The maximum absolute atomic E-state index is 11.1. The van der Waals surface area contributed by atoms with Crippen LogP contribution in [0.4, 0.5) is 5.69 Å². The highest BCUT2D eigenvalue weighted by Crippen LogP contribution is 2.11. The number of non-ortho nitro benzene ring substituents is 1. The minimum Gasteiger partial charge on any atom is -0.755 e. The Bertz CT molecular complexity index is 416. The molecule has 7 nitrogen and oxygen atoms in total. The predicted molar refractivity (Wildman–Crippen MR) is 49.5 cm³/mol. The first-order chi connectivity index (χ1) is 7.00. The summed E-state index contributed by atoms with van der Waals surface area (Å²) in [6.07, 6.45) is 0. The molecule has 15 heavy (non-hydrogen) atoms. The second kappa shape index (κ2) is 4.62. The van der Waals surface area contributed by atoms with E-state index in [2.05, 4.69) is 0 Å². The maximum Gasteiger partial charge on any atom is 0.269 e. The lowest BCUT2D eigenvalue weighted by Gasteiger charge is -2.06. The van der Waals surface area contributed by atoms with Gasteiger partial charge in [0.25, 0.3) is 11.6 Å². The fraction of sp³-hybridized carbons (Fsp3) is 0. The van der Waals surface area contributed by atoms with Crippen LogP contribution in [0.15, 0.2) is 24.3 Å². The van der Waals surface area contributed by atoms with Gasteiger partial charge < -0.3 is 4.55 Å². The molecule has 0 fully saturated rings. The largest absolute Gasteiger partial charge is 0.755 e. The van der Waals surface area contributed by atoms with Crippen molar-refractivity contribution in [3.05, 3.63) is 39.9 Å². The standard InChI is InChI=1S/C7H6N2O5S/c10-7(8-15(13)14)5-1-3-6(4-2-5)9(11)12/h1-4H,(H,8,10)(H,13,14)/p-1. The van der Waals surface area contributed by atoms with E-state index in [-0.39, 0.29) is 11.3 Å². The molecule has 0 saturated heterocycles. The number of benzene rings is 1. The van der Waals surface area contributed by atoms with Crippen LogP contribution in [-0.4, -0.2) is 19.6 Å². The number of nitro benzene ring substituents is 1. The molecular formula is C7H5N2O5S-. The van der Waals surface area contributed by atoms with E-state index in [0.29, 0.717) is 0 Å². The van der Waals surface area contributed by atoms with Gasteiger partial charge in [-0.25, -0.2) is 0 Å². The first-order valence-corrected chi connectivity index (χ1v) is 4.73. The van der Waals surface area contributed by atoms with Crippen molar-refractivity contribution in [3.63, 3.8) is 0 Å². The van der Waals surface area contributed by atoms with Crippen LogP contribution in [0.25, 0.3) is 0 Å². The molecule has 0 aromatic heterocycles. The molecule has 0 spiro atoms. The number of amides is 1. The first-order valence-electron chi connectivity index (χ1n) is 3.65. The predicted octanol–water partition coefficient (Wildman–Crippen LogP) is 0.119. The van der Waals surface area contributed by atoms with E-state index in [1.54, 1.807) is 4.72 Å². The Balaban J connectivity index is 2.84. The average Bonchev–Trinajstić information content (AvgIpc) is 2.17. The van der Waals surface area contributed by atoms with Crippen molar-refractivity contribution in [1.29, 1.82) is 0 Å². The van der Waals surface area contributed by atoms with E-state index in [1.807, 2.05) is 0 Å². The van der Waals surface area contributed by atoms with Crippen molar-refractivity contribution < 1.29 is 18.5 Å². The summed E-state index contributed by atoms with van der Waals surface area (Å²) < 4.78 is 21.9. The van der Waals surface area contributed by atoms with Gasteiger partial charge in [-0.15, -0.1) is 0 Å². The Morgan fingerprint density at radius 2 is 1.87 bits per heavy atom. The first kappa shape index (κ1) is 11.3. The second-order valence-electron chi connectivity index (χ2n) is 2.47. The molecule has 0 radical (unpaired) electrons. The monoisotopic (exact) mass is 229 g/mol. The molecule has 1 aromatic rings. The van der Waals surface area contributed by atoms with E-state index in [9.17, 15) is 23.7 Å². The van der Waals surface area contributed by atoms with Gasteiger partial charge >= 0.3 is 0 Å². The van der Waals surface area contributed by atoms with Crippen molar-refractivity contribution >= 4 is 22.9 Å². The Morgan fingerprint density at radius 1 is 1.33 bits per heavy atom. The summed E-state index contributed by atoms with van der Waals surface area (Å²) >= 11 is -2.69. The number of nitro groups is 1. The van der Waals surface area contributed by atoms with Gasteiger partial charge in [0.2, 0.25) is 0 Å². The number of nitrogens with one attached hydrogen (secondary N) is 1. The lowest BCUT2D eigenvalue weighted by Crippen LogP contribution is -2.25. The van der Waals surface area contributed by atoms with Gasteiger partial charge in [0.15, 0.2) is 0 Å². The lowest BCUT2D eigenvalue weighted by molar-refractivity contribution is -0.384. The van der Waals surface area contributed by atoms with Crippen LogP contribution < -0.4 is 4.72 Å². The van der Waals surface area contributed by atoms with Crippen molar-refractivity contribution in [2.75, 3.05) is 0 Å². The molecule has 1 amide bonds. The summed E-state index contributed by atoms with van der Waals surface area (Å²) in [5.74, 6) is -0.835. The SMILES string of the molecule is O=C(NS(=O)[O-])c1ccc([N+](=O)[O-])cc1. The Kier molecular flexibility index (Phi) is 3.47. The van der Waals surface area contributed by atoms with Gasteiger partial charge in [-0.05, 0) is 12.1 Å². The summed E-state index contributed by atoms with van der Waals surface area (Å²) in [7, 11) is 0. The lowest BCUT2D eigenvalue weighted by atomic mass is 10.2. The van der Waals surface area contributed by atoms with Crippen LogP contribution in [0.3, 0.4) is 0 Å². The van der Waals surface area contributed by atoms with Crippen LogP contribution in [0, 0.1) is 10.1 Å². The molecule has 0 saturated carbocycles. The number of hydrogen-bond donors (Lipinski definition) is 1.